The summed E-state index contributed by atoms with van der Waals surface area (Å²) in [4.78, 5) is 20.5. The van der Waals surface area contributed by atoms with Crippen LogP contribution in [0.25, 0.3) is 0 Å². The molecular formula is C19H35N3O2. The zero-order valence-corrected chi connectivity index (χ0v) is 15.4. The van der Waals surface area contributed by atoms with Crippen molar-refractivity contribution in [1.29, 1.82) is 0 Å². The Hall–Kier alpha value is -0.650. The van der Waals surface area contributed by atoms with Gasteiger partial charge in [-0.3, -0.25) is 9.69 Å². The van der Waals surface area contributed by atoms with E-state index in [9.17, 15) is 4.79 Å². The molecular weight excluding hydrogens is 302 g/mol. The Balaban J connectivity index is 1.52. The number of amides is 1. The molecule has 0 saturated carbocycles. The monoisotopic (exact) mass is 337 g/mol. The van der Waals surface area contributed by atoms with Crippen LogP contribution < -0.4 is 0 Å². The average Bonchev–Trinajstić information content (AvgIpc) is 2.87. The lowest BCUT2D eigenvalue weighted by Gasteiger charge is -2.44. The lowest BCUT2D eigenvalue weighted by atomic mass is 9.82. The first-order valence-corrected chi connectivity index (χ1v) is 10.0. The Kier molecular flexibility index (Phi) is 6.93. The van der Waals surface area contributed by atoms with Crippen LogP contribution >= 0.6 is 0 Å². The summed E-state index contributed by atoms with van der Waals surface area (Å²) < 4.78 is 5.16. The second-order valence-electron chi connectivity index (χ2n) is 7.71. The van der Waals surface area contributed by atoms with Gasteiger partial charge < -0.3 is 14.5 Å². The van der Waals surface area contributed by atoms with Gasteiger partial charge in [-0.05, 0) is 58.2 Å². The van der Waals surface area contributed by atoms with Crippen molar-refractivity contribution in [1.82, 2.24) is 14.7 Å². The highest BCUT2D eigenvalue weighted by molar-refractivity contribution is 5.79. The van der Waals surface area contributed by atoms with Gasteiger partial charge in [-0.25, -0.2) is 0 Å². The maximum Gasteiger partial charge on any atom is 0.227 e. The molecule has 0 aliphatic carbocycles. The summed E-state index contributed by atoms with van der Waals surface area (Å²) in [6, 6.07) is 0.529. The highest BCUT2D eigenvalue weighted by Crippen LogP contribution is 2.32. The van der Waals surface area contributed by atoms with Gasteiger partial charge >= 0.3 is 0 Å². The Labute approximate surface area is 147 Å². The number of carbonyl (C=O) groups is 1. The Morgan fingerprint density at radius 1 is 0.958 bits per heavy atom. The van der Waals surface area contributed by atoms with E-state index in [1.165, 1.54) is 38.8 Å². The number of nitrogens with zero attached hydrogens (tertiary/aromatic N) is 3. The van der Waals surface area contributed by atoms with Crippen LogP contribution in [0, 0.1) is 5.92 Å². The largest absolute Gasteiger partial charge is 0.385 e. The minimum Gasteiger partial charge on any atom is -0.385 e. The summed E-state index contributed by atoms with van der Waals surface area (Å²) in [6.07, 6.45) is 8.35. The maximum atomic E-state index is 13.2. The predicted octanol–water partition coefficient (Wildman–Crippen LogP) is 1.82. The minimum absolute atomic E-state index is 0.263. The molecule has 0 spiro atoms. The summed E-state index contributed by atoms with van der Waals surface area (Å²) >= 11 is 0. The van der Waals surface area contributed by atoms with E-state index in [2.05, 4.69) is 14.7 Å². The van der Waals surface area contributed by atoms with Crippen molar-refractivity contribution in [3.63, 3.8) is 0 Å². The topological polar surface area (TPSA) is 36.0 Å². The van der Waals surface area contributed by atoms with E-state index in [0.29, 0.717) is 11.9 Å². The molecule has 24 heavy (non-hydrogen) atoms. The van der Waals surface area contributed by atoms with E-state index in [-0.39, 0.29) is 5.92 Å². The van der Waals surface area contributed by atoms with Crippen molar-refractivity contribution in [2.24, 2.45) is 5.92 Å². The van der Waals surface area contributed by atoms with Crippen molar-refractivity contribution in [2.45, 2.75) is 51.0 Å². The molecule has 3 saturated heterocycles. The van der Waals surface area contributed by atoms with Crippen LogP contribution in [0.15, 0.2) is 0 Å². The lowest BCUT2D eigenvalue weighted by molar-refractivity contribution is -0.140. The predicted molar refractivity (Wildman–Crippen MR) is 96.1 cm³/mol. The van der Waals surface area contributed by atoms with Gasteiger partial charge in [0.1, 0.15) is 0 Å². The third-order valence-corrected chi connectivity index (χ3v) is 6.13. The van der Waals surface area contributed by atoms with Crippen molar-refractivity contribution in [3.05, 3.63) is 0 Å². The quantitative estimate of drug-likeness (QED) is 0.717. The highest BCUT2D eigenvalue weighted by atomic mass is 16.5. The Morgan fingerprint density at radius 2 is 1.83 bits per heavy atom. The molecule has 0 unspecified atom stereocenters. The maximum absolute atomic E-state index is 13.2. The fraction of sp³-hybridized carbons (Fsp3) is 0.947. The highest BCUT2D eigenvalue weighted by Gasteiger charge is 2.39. The van der Waals surface area contributed by atoms with Gasteiger partial charge in [0.05, 0.1) is 5.92 Å². The van der Waals surface area contributed by atoms with E-state index in [1.807, 2.05) is 0 Å². The SMILES string of the molecule is COCCCN1CCCN(C(=O)[C@@H]2CCCN3CCCC[C@H]23)CC1. The fourth-order valence-electron chi connectivity index (χ4n) is 4.83. The molecule has 138 valence electrons. The van der Waals surface area contributed by atoms with E-state index >= 15 is 0 Å². The molecule has 3 rings (SSSR count). The number of carbonyl (C=O) groups excluding carboxylic acids is 1. The molecule has 0 radical (unpaired) electrons. The average molecular weight is 338 g/mol. The first kappa shape index (κ1) is 18.2. The molecule has 0 N–H and O–H groups in total. The smallest absolute Gasteiger partial charge is 0.227 e. The third-order valence-electron chi connectivity index (χ3n) is 6.13. The van der Waals surface area contributed by atoms with Crippen molar-refractivity contribution < 1.29 is 9.53 Å². The summed E-state index contributed by atoms with van der Waals surface area (Å²) in [5.74, 6) is 0.712. The van der Waals surface area contributed by atoms with Crippen molar-refractivity contribution in [2.75, 3.05) is 59.5 Å². The lowest BCUT2D eigenvalue weighted by Crippen LogP contribution is -2.53. The molecule has 3 aliphatic heterocycles. The summed E-state index contributed by atoms with van der Waals surface area (Å²) in [5, 5.41) is 0. The molecule has 0 aromatic heterocycles. The second kappa shape index (κ2) is 9.16. The van der Waals surface area contributed by atoms with Crippen LogP contribution in [0.3, 0.4) is 0 Å². The molecule has 5 nitrogen and oxygen atoms in total. The number of ether oxygens (including phenoxy) is 1. The first-order valence-electron chi connectivity index (χ1n) is 10.0. The normalized spacial score (nSPS) is 30.0. The molecule has 2 atom stereocenters. The van der Waals surface area contributed by atoms with Gasteiger partial charge in [0.15, 0.2) is 0 Å². The van der Waals surface area contributed by atoms with Gasteiger partial charge in [-0.2, -0.15) is 0 Å². The molecule has 3 heterocycles. The molecule has 0 aromatic rings. The van der Waals surface area contributed by atoms with Crippen molar-refractivity contribution in [3.8, 4) is 0 Å². The van der Waals surface area contributed by atoms with Crippen LogP contribution in [0.5, 0.6) is 0 Å². The number of fused-ring (bicyclic) bond motifs is 1. The number of rotatable bonds is 5. The van der Waals surface area contributed by atoms with Crippen LogP contribution in [-0.4, -0.2) is 86.2 Å². The Bertz CT molecular complexity index is 402. The van der Waals surface area contributed by atoms with Gasteiger partial charge in [-0.1, -0.05) is 6.42 Å². The number of hydrogen-bond acceptors (Lipinski definition) is 4. The zero-order valence-electron chi connectivity index (χ0n) is 15.4. The van der Waals surface area contributed by atoms with Crippen LogP contribution in [0.1, 0.15) is 44.9 Å². The molecule has 0 aromatic carbocycles. The minimum atomic E-state index is 0.263. The summed E-state index contributed by atoms with van der Waals surface area (Å²) in [5.41, 5.74) is 0. The van der Waals surface area contributed by atoms with E-state index in [4.69, 9.17) is 4.74 Å². The second-order valence-corrected chi connectivity index (χ2v) is 7.71. The van der Waals surface area contributed by atoms with Gasteiger partial charge in [0.25, 0.3) is 0 Å². The number of methoxy groups -OCH3 is 1. The van der Waals surface area contributed by atoms with Gasteiger partial charge in [-0.15, -0.1) is 0 Å². The standard InChI is InChI=1S/C19H35N3O2/c1-24-16-6-10-20-9-5-13-22(15-14-20)19(23)17-7-4-12-21-11-3-2-8-18(17)21/h17-18H,2-16H2,1H3/t17-,18-/m1/s1. The third kappa shape index (κ3) is 4.50. The number of piperidine rings is 2. The van der Waals surface area contributed by atoms with E-state index in [0.717, 1.165) is 58.6 Å². The zero-order chi connectivity index (χ0) is 16.8. The van der Waals surface area contributed by atoms with E-state index < -0.39 is 0 Å². The molecule has 0 bridgehead atoms. The Morgan fingerprint density at radius 3 is 2.71 bits per heavy atom. The molecule has 1 amide bonds. The van der Waals surface area contributed by atoms with Crippen LogP contribution in [-0.2, 0) is 9.53 Å². The van der Waals surface area contributed by atoms with Gasteiger partial charge in [0, 0.05) is 45.9 Å². The molecule has 3 fully saturated rings. The van der Waals surface area contributed by atoms with Crippen molar-refractivity contribution >= 4 is 5.91 Å². The fourth-order valence-corrected chi connectivity index (χ4v) is 4.83. The first-order chi connectivity index (χ1) is 11.8. The van der Waals surface area contributed by atoms with Crippen LogP contribution in [0.4, 0.5) is 0 Å². The van der Waals surface area contributed by atoms with E-state index in [1.54, 1.807) is 7.11 Å². The summed E-state index contributed by atoms with van der Waals surface area (Å²) in [7, 11) is 1.77. The van der Waals surface area contributed by atoms with Crippen LogP contribution in [0.2, 0.25) is 0 Å². The summed E-state index contributed by atoms with van der Waals surface area (Å²) in [6.45, 7) is 8.35. The molecule has 5 heteroatoms. The molecule has 3 aliphatic rings. The number of hydrogen-bond donors (Lipinski definition) is 0. The van der Waals surface area contributed by atoms with Gasteiger partial charge in [0.2, 0.25) is 5.91 Å².